The van der Waals surface area contributed by atoms with Crippen molar-refractivity contribution in [2.45, 2.75) is 25.7 Å². The highest BCUT2D eigenvalue weighted by Gasteiger charge is 2.31. The molecule has 0 bridgehead atoms. The van der Waals surface area contributed by atoms with Crippen molar-refractivity contribution >= 4 is 11.7 Å². The number of ether oxygens (including phenoxy) is 2. The van der Waals surface area contributed by atoms with Gasteiger partial charge in [-0.3, -0.25) is 14.8 Å². The van der Waals surface area contributed by atoms with Crippen LogP contribution in [0.1, 0.15) is 28.8 Å². The second-order valence-electron chi connectivity index (χ2n) is 8.93. The van der Waals surface area contributed by atoms with Crippen LogP contribution in [0, 0.1) is 5.92 Å². The number of methoxy groups -OCH3 is 2. The van der Waals surface area contributed by atoms with E-state index < -0.39 is 0 Å². The number of piperazine rings is 1. The van der Waals surface area contributed by atoms with E-state index in [4.69, 9.17) is 19.5 Å². The van der Waals surface area contributed by atoms with Crippen molar-refractivity contribution in [3.05, 3.63) is 44.9 Å². The first-order valence-electron chi connectivity index (χ1n) is 11.4. The van der Waals surface area contributed by atoms with E-state index in [0.29, 0.717) is 12.2 Å². The number of benzene rings is 1. The number of aromatic nitrogens is 2. The van der Waals surface area contributed by atoms with E-state index in [2.05, 4.69) is 27.9 Å². The Labute approximate surface area is 188 Å². The summed E-state index contributed by atoms with van der Waals surface area (Å²) >= 11 is 0. The van der Waals surface area contributed by atoms with Gasteiger partial charge in [0.2, 0.25) is 5.95 Å². The molecule has 1 N–H and O–H groups in total. The smallest absolute Gasteiger partial charge is 0.255 e. The van der Waals surface area contributed by atoms with Crippen LogP contribution in [0.3, 0.4) is 0 Å². The fourth-order valence-electron chi connectivity index (χ4n) is 5.11. The molecule has 2 aromatic rings. The second-order valence-corrected chi connectivity index (χ2v) is 8.93. The predicted octanol–water partition coefficient (Wildman–Crippen LogP) is 1.69. The summed E-state index contributed by atoms with van der Waals surface area (Å²) in [5.74, 6) is 2.39. The van der Waals surface area contributed by atoms with Crippen LogP contribution < -0.4 is 19.9 Å². The topological polar surface area (TPSA) is 83.0 Å². The maximum absolute atomic E-state index is 13.0. The zero-order chi connectivity index (χ0) is 22.2. The highest BCUT2D eigenvalue weighted by atomic mass is 16.5. The maximum Gasteiger partial charge on any atom is 0.255 e. The maximum atomic E-state index is 13.0. The largest absolute Gasteiger partial charge is 0.493 e. The molecule has 1 saturated heterocycles. The number of aliphatic imine (C=N–C) groups is 1. The minimum absolute atomic E-state index is 0.00225. The van der Waals surface area contributed by atoms with Gasteiger partial charge in [-0.05, 0) is 50.4 Å². The van der Waals surface area contributed by atoms with Crippen molar-refractivity contribution in [3.63, 3.8) is 0 Å². The number of hydrogen-bond acceptors (Lipinski definition) is 7. The SMILES string of the molecule is COc1cc2c(cc1OC)C(C1CCc3nc(N4CCN(C)CC4)[nH]c(=O)c3C1)=NCC2. The molecule has 0 amide bonds. The molecule has 1 aromatic carbocycles. The number of nitrogens with one attached hydrogen (secondary N) is 1. The van der Waals surface area contributed by atoms with Crippen molar-refractivity contribution in [2.24, 2.45) is 10.9 Å². The predicted molar refractivity (Wildman–Crippen MR) is 125 cm³/mol. The average Bonchev–Trinajstić information content (AvgIpc) is 2.83. The molecule has 1 unspecified atom stereocenters. The van der Waals surface area contributed by atoms with Crippen LogP contribution in [-0.4, -0.2) is 74.6 Å². The molecule has 1 atom stereocenters. The van der Waals surface area contributed by atoms with Gasteiger partial charge in [0.05, 0.1) is 19.9 Å². The molecule has 0 saturated carbocycles. The van der Waals surface area contributed by atoms with E-state index in [0.717, 1.165) is 86.2 Å². The third kappa shape index (κ3) is 3.77. The van der Waals surface area contributed by atoms with E-state index in [1.165, 1.54) is 5.56 Å². The van der Waals surface area contributed by atoms with Crippen LogP contribution in [0.15, 0.2) is 21.9 Å². The number of rotatable bonds is 4. The van der Waals surface area contributed by atoms with Gasteiger partial charge in [0.25, 0.3) is 5.56 Å². The monoisotopic (exact) mass is 437 g/mol. The second kappa shape index (κ2) is 8.58. The first-order chi connectivity index (χ1) is 15.6. The molecule has 170 valence electrons. The lowest BCUT2D eigenvalue weighted by molar-refractivity contribution is 0.311. The van der Waals surface area contributed by atoms with Gasteiger partial charge in [0, 0.05) is 55.5 Å². The van der Waals surface area contributed by atoms with Crippen LogP contribution >= 0.6 is 0 Å². The summed E-state index contributed by atoms with van der Waals surface area (Å²) in [7, 11) is 5.44. The number of anilines is 1. The minimum Gasteiger partial charge on any atom is -0.493 e. The normalized spacial score (nSPS) is 20.9. The quantitative estimate of drug-likeness (QED) is 0.784. The molecule has 8 nitrogen and oxygen atoms in total. The molecular formula is C24H31N5O3. The van der Waals surface area contributed by atoms with Crippen LogP contribution in [0.25, 0.3) is 0 Å². The molecule has 8 heteroatoms. The highest BCUT2D eigenvalue weighted by molar-refractivity contribution is 6.05. The van der Waals surface area contributed by atoms with Crippen molar-refractivity contribution < 1.29 is 9.47 Å². The number of nitrogens with zero attached hydrogens (tertiary/aromatic N) is 4. The standard InChI is InChI=1S/C24H31N5O3/c1-28-8-10-29(11-9-28)24-26-19-5-4-16(12-18(19)23(30)27-24)22-17-14-21(32-3)20(31-2)13-15(17)6-7-25-22/h13-14,16H,4-12H2,1-3H3,(H,26,27,30). The Bertz CT molecular complexity index is 1100. The van der Waals surface area contributed by atoms with Gasteiger partial charge in [-0.1, -0.05) is 0 Å². The van der Waals surface area contributed by atoms with E-state index in [-0.39, 0.29) is 11.5 Å². The third-order valence-electron chi connectivity index (χ3n) is 7.01. The highest BCUT2D eigenvalue weighted by Crippen LogP contribution is 2.36. The van der Waals surface area contributed by atoms with Crippen LogP contribution in [0.5, 0.6) is 11.5 Å². The average molecular weight is 438 g/mol. The molecule has 5 rings (SSSR count). The zero-order valence-electron chi connectivity index (χ0n) is 19.1. The number of hydrogen-bond donors (Lipinski definition) is 1. The van der Waals surface area contributed by atoms with Crippen LogP contribution in [-0.2, 0) is 19.3 Å². The van der Waals surface area contributed by atoms with Crippen molar-refractivity contribution in [1.82, 2.24) is 14.9 Å². The summed E-state index contributed by atoms with van der Waals surface area (Å²) in [5, 5.41) is 0. The molecule has 3 heterocycles. The van der Waals surface area contributed by atoms with Gasteiger partial charge < -0.3 is 19.3 Å². The number of likely N-dealkylation sites (N-methyl/N-ethyl adjacent to an activating group) is 1. The molecule has 32 heavy (non-hydrogen) atoms. The first-order valence-corrected chi connectivity index (χ1v) is 11.4. The van der Waals surface area contributed by atoms with Gasteiger partial charge in [-0.25, -0.2) is 4.98 Å². The number of H-pyrrole nitrogens is 1. The fraction of sp³-hybridized carbons (Fsp3) is 0.542. The summed E-state index contributed by atoms with van der Waals surface area (Å²) in [5.41, 5.74) is 5.20. The molecule has 1 aliphatic carbocycles. The molecule has 0 radical (unpaired) electrons. The summed E-state index contributed by atoms with van der Waals surface area (Å²) in [6, 6.07) is 4.11. The van der Waals surface area contributed by atoms with Gasteiger partial charge >= 0.3 is 0 Å². The van der Waals surface area contributed by atoms with Crippen molar-refractivity contribution in [2.75, 3.05) is 58.9 Å². The van der Waals surface area contributed by atoms with Crippen molar-refractivity contribution in [1.29, 1.82) is 0 Å². The Hall–Kier alpha value is -2.87. The Morgan fingerprint density at radius 2 is 1.81 bits per heavy atom. The van der Waals surface area contributed by atoms with E-state index in [1.807, 2.05) is 6.07 Å². The summed E-state index contributed by atoms with van der Waals surface area (Å²) < 4.78 is 11.0. The lowest BCUT2D eigenvalue weighted by atomic mass is 9.79. The molecule has 0 spiro atoms. The van der Waals surface area contributed by atoms with Crippen LogP contribution in [0.2, 0.25) is 0 Å². The summed E-state index contributed by atoms with van der Waals surface area (Å²) in [6.07, 6.45) is 3.30. The van der Waals surface area contributed by atoms with E-state index in [9.17, 15) is 4.79 Å². The summed E-state index contributed by atoms with van der Waals surface area (Å²) in [4.78, 5) is 30.4. The number of aromatic amines is 1. The molecule has 3 aliphatic rings. The number of fused-ring (bicyclic) bond motifs is 2. The number of aryl methyl sites for hydroxylation is 1. The van der Waals surface area contributed by atoms with E-state index in [1.54, 1.807) is 14.2 Å². The molecule has 1 fully saturated rings. The van der Waals surface area contributed by atoms with Gasteiger partial charge in [0.15, 0.2) is 11.5 Å². The minimum atomic E-state index is -0.00225. The van der Waals surface area contributed by atoms with Crippen molar-refractivity contribution in [3.8, 4) is 11.5 Å². The first kappa shape index (κ1) is 21.0. The van der Waals surface area contributed by atoms with E-state index >= 15 is 0 Å². The lowest BCUT2D eigenvalue weighted by Gasteiger charge is -2.33. The van der Waals surface area contributed by atoms with Gasteiger partial charge in [-0.2, -0.15) is 0 Å². The molecule has 1 aromatic heterocycles. The lowest BCUT2D eigenvalue weighted by Crippen LogP contribution is -2.46. The Balaban J connectivity index is 1.42. The zero-order valence-corrected chi connectivity index (χ0v) is 19.1. The molecular weight excluding hydrogens is 406 g/mol. The summed E-state index contributed by atoms with van der Waals surface area (Å²) in [6.45, 7) is 4.50. The molecule has 2 aliphatic heterocycles. The third-order valence-corrected chi connectivity index (χ3v) is 7.01. The Morgan fingerprint density at radius 3 is 2.56 bits per heavy atom. The fourth-order valence-corrected chi connectivity index (χ4v) is 5.11. The van der Waals surface area contributed by atoms with Crippen LogP contribution in [0.4, 0.5) is 5.95 Å². The van der Waals surface area contributed by atoms with Gasteiger partial charge in [0.1, 0.15) is 0 Å². The van der Waals surface area contributed by atoms with Gasteiger partial charge in [-0.15, -0.1) is 0 Å². The Kier molecular flexibility index (Phi) is 5.63. The Morgan fingerprint density at radius 1 is 1.06 bits per heavy atom.